The lowest BCUT2D eigenvalue weighted by Crippen LogP contribution is -2.32. The molecule has 0 aliphatic carbocycles. The minimum absolute atomic E-state index is 0.186. The van der Waals surface area contributed by atoms with Gasteiger partial charge in [0.1, 0.15) is 0 Å². The Balaban J connectivity index is 1.56. The lowest BCUT2D eigenvalue weighted by molar-refractivity contribution is 0.766. The molecule has 0 spiro atoms. The predicted octanol–water partition coefficient (Wildman–Crippen LogP) is 5.90. The van der Waals surface area contributed by atoms with Crippen LogP contribution in [0, 0.1) is 13.8 Å². The summed E-state index contributed by atoms with van der Waals surface area (Å²) in [7, 11) is 0. The maximum Gasteiger partial charge on any atom is 0.170 e. The van der Waals surface area contributed by atoms with Crippen molar-refractivity contribution in [1.82, 2.24) is 10.3 Å². The molecule has 3 nitrogen and oxygen atoms in total. The number of hydrogen-bond acceptors (Lipinski definition) is 1. The molecule has 1 aromatic heterocycles. The highest BCUT2D eigenvalue weighted by Gasteiger charge is 2.18. The number of benzene rings is 3. The molecule has 1 heterocycles. The molecular weight excluding hydrogens is 374 g/mol. The van der Waals surface area contributed by atoms with E-state index in [0.717, 1.165) is 11.2 Å². The van der Waals surface area contributed by atoms with E-state index < -0.39 is 0 Å². The van der Waals surface area contributed by atoms with E-state index in [1.807, 2.05) is 6.07 Å². The van der Waals surface area contributed by atoms with E-state index in [9.17, 15) is 0 Å². The van der Waals surface area contributed by atoms with Gasteiger partial charge in [-0.05, 0) is 60.5 Å². The van der Waals surface area contributed by atoms with Crippen molar-refractivity contribution in [2.75, 3.05) is 11.9 Å². The number of aromatic amines is 1. The largest absolute Gasteiger partial charge is 0.361 e. The van der Waals surface area contributed by atoms with E-state index in [-0.39, 0.29) is 5.92 Å². The molecule has 0 fully saturated rings. The van der Waals surface area contributed by atoms with E-state index in [1.165, 1.54) is 27.6 Å². The van der Waals surface area contributed by atoms with Crippen LogP contribution in [0.4, 0.5) is 5.69 Å². The topological polar surface area (TPSA) is 39.8 Å². The van der Waals surface area contributed by atoms with Gasteiger partial charge in [0.25, 0.3) is 0 Å². The standard InChI is InChI=1S/C25H25N3S/c1-17-9-8-14-23(18(17)2)28-25(29)27-15-21(19-10-4-3-5-11-19)22-16-26-24-13-7-6-12-20(22)24/h3-14,16,21,26H,15H2,1-2H3,(H2,27,28,29)/t21-/m1/s1. The molecular formula is C25H25N3S. The minimum Gasteiger partial charge on any atom is -0.361 e. The van der Waals surface area contributed by atoms with Crippen LogP contribution < -0.4 is 10.6 Å². The van der Waals surface area contributed by atoms with E-state index in [0.29, 0.717) is 11.7 Å². The van der Waals surface area contributed by atoms with Gasteiger partial charge in [-0.3, -0.25) is 0 Å². The number of anilines is 1. The van der Waals surface area contributed by atoms with Crippen LogP contribution >= 0.6 is 12.2 Å². The SMILES string of the molecule is Cc1cccc(NC(=S)NC[C@H](c2ccccc2)c2c[nH]c3ccccc23)c1C. The third-order valence-electron chi connectivity index (χ3n) is 5.52. The molecule has 4 aromatic rings. The average molecular weight is 400 g/mol. The molecule has 29 heavy (non-hydrogen) atoms. The quantitative estimate of drug-likeness (QED) is 0.366. The summed E-state index contributed by atoms with van der Waals surface area (Å²) < 4.78 is 0. The zero-order chi connectivity index (χ0) is 20.2. The Labute approximate surface area is 177 Å². The van der Waals surface area contributed by atoms with Crippen LogP contribution in [0.2, 0.25) is 0 Å². The van der Waals surface area contributed by atoms with Gasteiger partial charge < -0.3 is 15.6 Å². The number of aromatic nitrogens is 1. The number of nitrogens with one attached hydrogen (secondary N) is 3. The summed E-state index contributed by atoms with van der Waals surface area (Å²) in [6.07, 6.45) is 2.12. The van der Waals surface area contributed by atoms with Crippen LogP contribution in [0.15, 0.2) is 79.0 Å². The van der Waals surface area contributed by atoms with Crippen molar-refractivity contribution in [3.05, 3.63) is 101 Å². The van der Waals surface area contributed by atoms with E-state index in [4.69, 9.17) is 12.2 Å². The second-order valence-electron chi connectivity index (χ2n) is 7.34. The second-order valence-corrected chi connectivity index (χ2v) is 7.74. The van der Waals surface area contributed by atoms with E-state index >= 15 is 0 Å². The van der Waals surface area contributed by atoms with Gasteiger partial charge in [0.05, 0.1) is 0 Å². The Bertz CT molecular complexity index is 1130. The van der Waals surface area contributed by atoms with Crippen LogP contribution in [0.3, 0.4) is 0 Å². The van der Waals surface area contributed by atoms with Gasteiger partial charge in [0.2, 0.25) is 0 Å². The number of hydrogen-bond donors (Lipinski definition) is 3. The van der Waals surface area contributed by atoms with Gasteiger partial charge in [-0.15, -0.1) is 0 Å². The summed E-state index contributed by atoms with van der Waals surface area (Å²) >= 11 is 5.60. The highest BCUT2D eigenvalue weighted by molar-refractivity contribution is 7.80. The van der Waals surface area contributed by atoms with Crippen molar-refractivity contribution >= 4 is 33.9 Å². The first kappa shape index (κ1) is 19.2. The summed E-state index contributed by atoms with van der Waals surface area (Å²) in [5.41, 5.74) is 7.20. The zero-order valence-corrected chi connectivity index (χ0v) is 17.5. The molecule has 0 aliphatic heterocycles. The molecule has 3 N–H and O–H groups in total. The van der Waals surface area contributed by atoms with Gasteiger partial charge in [0.15, 0.2) is 5.11 Å². The number of aryl methyl sites for hydroxylation is 1. The fourth-order valence-electron chi connectivity index (χ4n) is 3.72. The predicted molar refractivity (Wildman–Crippen MR) is 127 cm³/mol. The molecule has 1 atom stereocenters. The smallest absolute Gasteiger partial charge is 0.170 e. The maximum absolute atomic E-state index is 5.60. The van der Waals surface area contributed by atoms with Gasteiger partial charge in [-0.2, -0.15) is 0 Å². The third-order valence-corrected chi connectivity index (χ3v) is 5.76. The van der Waals surface area contributed by atoms with Gasteiger partial charge in [0, 0.05) is 35.2 Å². The van der Waals surface area contributed by atoms with Crippen molar-refractivity contribution in [3.8, 4) is 0 Å². The molecule has 0 saturated carbocycles. The van der Waals surface area contributed by atoms with Crippen LogP contribution in [-0.2, 0) is 0 Å². The highest BCUT2D eigenvalue weighted by Crippen LogP contribution is 2.30. The summed E-state index contributed by atoms with van der Waals surface area (Å²) in [5.74, 6) is 0.186. The minimum atomic E-state index is 0.186. The van der Waals surface area contributed by atoms with Gasteiger partial charge in [-0.25, -0.2) is 0 Å². The maximum atomic E-state index is 5.60. The van der Waals surface area contributed by atoms with Crippen molar-refractivity contribution < 1.29 is 0 Å². The zero-order valence-electron chi connectivity index (χ0n) is 16.7. The lowest BCUT2D eigenvalue weighted by atomic mass is 9.91. The summed E-state index contributed by atoms with van der Waals surface area (Å²) in [6, 6.07) is 25.2. The van der Waals surface area contributed by atoms with E-state index in [1.54, 1.807) is 0 Å². The van der Waals surface area contributed by atoms with Crippen molar-refractivity contribution in [2.45, 2.75) is 19.8 Å². The van der Waals surface area contributed by atoms with Crippen molar-refractivity contribution in [2.24, 2.45) is 0 Å². The Kier molecular flexibility index (Phi) is 5.63. The number of fused-ring (bicyclic) bond motifs is 1. The summed E-state index contributed by atoms with van der Waals surface area (Å²) in [5, 5.41) is 8.67. The van der Waals surface area contributed by atoms with Crippen LogP contribution in [-0.4, -0.2) is 16.6 Å². The fraction of sp³-hybridized carbons (Fsp3) is 0.160. The molecule has 0 radical (unpaired) electrons. The first-order valence-electron chi connectivity index (χ1n) is 9.85. The average Bonchev–Trinajstić information content (AvgIpc) is 3.16. The van der Waals surface area contributed by atoms with Crippen LogP contribution in [0.1, 0.15) is 28.2 Å². The van der Waals surface area contributed by atoms with Crippen molar-refractivity contribution in [3.63, 3.8) is 0 Å². The second kappa shape index (κ2) is 8.50. The summed E-state index contributed by atoms with van der Waals surface area (Å²) in [6.45, 7) is 4.93. The Morgan fingerprint density at radius 2 is 1.69 bits per heavy atom. The molecule has 3 aromatic carbocycles. The van der Waals surface area contributed by atoms with E-state index in [2.05, 4.69) is 102 Å². The van der Waals surface area contributed by atoms with Crippen LogP contribution in [0.5, 0.6) is 0 Å². The molecule has 0 bridgehead atoms. The third kappa shape index (κ3) is 4.17. The molecule has 146 valence electrons. The number of thiocarbonyl (C=S) groups is 1. The highest BCUT2D eigenvalue weighted by atomic mass is 32.1. The molecule has 0 saturated heterocycles. The summed E-state index contributed by atoms with van der Waals surface area (Å²) in [4.78, 5) is 3.40. The molecule has 0 unspecified atom stereocenters. The Hall–Kier alpha value is -3.11. The Morgan fingerprint density at radius 3 is 2.52 bits per heavy atom. The Morgan fingerprint density at radius 1 is 0.931 bits per heavy atom. The number of rotatable bonds is 5. The first-order chi connectivity index (χ1) is 14.1. The number of para-hydroxylation sites is 1. The van der Waals surface area contributed by atoms with Crippen LogP contribution in [0.25, 0.3) is 10.9 Å². The normalized spacial score (nSPS) is 11.9. The molecule has 4 rings (SSSR count). The fourth-order valence-corrected chi connectivity index (χ4v) is 3.92. The molecule has 0 aliphatic rings. The lowest BCUT2D eigenvalue weighted by Gasteiger charge is -2.20. The first-order valence-corrected chi connectivity index (χ1v) is 10.3. The monoisotopic (exact) mass is 399 g/mol. The number of H-pyrrole nitrogens is 1. The molecule has 4 heteroatoms. The van der Waals surface area contributed by atoms with Gasteiger partial charge >= 0.3 is 0 Å². The van der Waals surface area contributed by atoms with Gasteiger partial charge in [-0.1, -0.05) is 60.7 Å². The van der Waals surface area contributed by atoms with Crippen molar-refractivity contribution in [1.29, 1.82) is 0 Å². The molecule has 0 amide bonds.